The summed E-state index contributed by atoms with van der Waals surface area (Å²) in [6.45, 7) is 1.49. The minimum Gasteiger partial charge on any atom is -0.371 e. The molecule has 1 aliphatic rings. The molecular weight excluding hydrogens is 298 g/mol. The maximum atomic E-state index is 11.2. The maximum absolute atomic E-state index is 11.2. The second-order valence-corrected chi connectivity index (χ2v) is 7.13. The Bertz CT molecular complexity index is 640. The Labute approximate surface area is 124 Å². The predicted molar refractivity (Wildman–Crippen MR) is 79.1 cm³/mol. The summed E-state index contributed by atoms with van der Waals surface area (Å²) in [5, 5.41) is 14.4. The van der Waals surface area contributed by atoms with Gasteiger partial charge in [-0.25, -0.2) is 13.6 Å². The molecule has 20 heavy (non-hydrogen) atoms. The maximum Gasteiger partial charge on any atom is 0.209 e. The fraction of sp³-hybridized carbons (Fsp3) is 0.462. The standard InChI is InChI=1S/C13H16ClN3O2S/c14-13-6-12(4-3-11(13)7-15)17-5-1-2-10(8-17)9-20(16,18)19/h3-4,6,10H,1-2,5,8-9H2,(H2,16,18,19). The number of nitrogens with zero attached hydrogens (tertiary/aromatic N) is 2. The normalized spacial score (nSPS) is 19.6. The molecule has 1 aromatic carbocycles. The second-order valence-electron chi connectivity index (χ2n) is 5.06. The van der Waals surface area contributed by atoms with Gasteiger partial charge in [-0.15, -0.1) is 0 Å². The van der Waals surface area contributed by atoms with Crippen LogP contribution in [0.15, 0.2) is 18.2 Å². The number of piperidine rings is 1. The number of sulfonamides is 1. The molecule has 1 fully saturated rings. The molecular formula is C13H16ClN3O2S. The molecule has 108 valence electrons. The van der Waals surface area contributed by atoms with Crippen LogP contribution in [0.5, 0.6) is 0 Å². The number of benzene rings is 1. The van der Waals surface area contributed by atoms with E-state index in [1.165, 1.54) is 0 Å². The van der Waals surface area contributed by atoms with Gasteiger partial charge in [-0.3, -0.25) is 0 Å². The smallest absolute Gasteiger partial charge is 0.209 e. The van der Waals surface area contributed by atoms with Crippen LogP contribution < -0.4 is 10.0 Å². The molecule has 0 amide bonds. The fourth-order valence-corrected chi connectivity index (χ4v) is 3.70. The highest BCUT2D eigenvalue weighted by molar-refractivity contribution is 7.89. The molecule has 5 nitrogen and oxygen atoms in total. The lowest BCUT2D eigenvalue weighted by molar-refractivity contribution is 0.444. The number of hydrogen-bond donors (Lipinski definition) is 1. The van der Waals surface area contributed by atoms with Crippen LogP contribution in [0.3, 0.4) is 0 Å². The molecule has 1 atom stereocenters. The van der Waals surface area contributed by atoms with Crippen molar-refractivity contribution in [3.63, 3.8) is 0 Å². The van der Waals surface area contributed by atoms with Crippen LogP contribution in [-0.2, 0) is 10.0 Å². The van der Waals surface area contributed by atoms with Gasteiger partial charge in [0.2, 0.25) is 10.0 Å². The van der Waals surface area contributed by atoms with E-state index in [0.717, 1.165) is 25.1 Å². The average Bonchev–Trinajstić information content (AvgIpc) is 2.37. The van der Waals surface area contributed by atoms with Crippen molar-refractivity contribution in [3.8, 4) is 6.07 Å². The monoisotopic (exact) mass is 313 g/mol. The number of nitrogens with two attached hydrogens (primary N) is 1. The number of hydrogen-bond acceptors (Lipinski definition) is 4. The van der Waals surface area contributed by atoms with Crippen molar-refractivity contribution in [2.24, 2.45) is 11.1 Å². The van der Waals surface area contributed by atoms with Crippen molar-refractivity contribution in [2.45, 2.75) is 12.8 Å². The van der Waals surface area contributed by atoms with Crippen LogP contribution in [0.25, 0.3) is 0 Å². The third-order valence-corrected chi connectivity index (χ3v) is 4.67. The van der Waals surface area contributed by atoms with Crippen molar-refractivity contribution < 1.29 is 8.42 Å². The van der Waals surface area contributed by atoms with Crippen LogP contribution >= 0.6 is 11.6 Å². The molecule has 0 aromatic heterocycles. The van der Waals surface area contributed by atoms with E-state index in [1.807, 2.05) is 12.1 Å². The van der Waals surface area contributed by atoms with E-state index in [0.29, 0.717) is 17.1 Å². The minimum absolute atomic E-state index is 0.00745. The van der Waals surface area contributed by atoms with E-state index in [2.05, 4.69) is 4.90 Å². The number of halogens is 1. The lowest BCUT2D eigenvalue weighted by Crippen LogP contribution is -2.39. The van der Waals surface area contributed by atoms with Crippen LogP contribution in [0, 0.1) is 17.2 Å². The third-order valence-electron chi connectivity index (χ3n) is 3.43. The van der Waals surface area contributed by atoms with Crippen LogP contribution in [0.2, 0.25) is 5.02 Å². The molecule has 1 aliphatic heterocycles. The number of nitriles is 1. The Balaban J connectivity index is 2.13. The summed E-state index contributed by atoms with van der Waals surface area (Å²) in [4.78, 5) is 2.09. The molecule has 1 saturated heterocycles. The Hall–Kier alpha value is -1.29. The van der Waals surface area contributed by atoms with E-state index >= 15 is 0 Å². The predicted octanol–water partition coefficient (Wildman–Crippen LogP) is 1.72. The summed E-state index contributed by atoms with van der Waals surface area (Å²) in [5.74, 6) is 0.0428. The largest absolute Gasteiger partial charge is 0.371 e. The van der Waals surface area contributed by atoms with Crippen molar-refractivity contribution >= 4 is 27.3 Å². The van der Waals surface area contributed by atoms with Gasteiger partial charge in [0.15, 0.2) is 0 Å². The fourth-order valence-electron chi connectivity index (χ4n) is 2.56. The van der Waals surface area contributed by atoms with Gasteiger partial charge >= 0.3 is 0 Å². The average molecular weight is 314 g/mol. The molecule has 1 aromatic rings. The zero-order chi connectivity index (χ0) is 14.8. The van der Waals surface area contributed by atoms with Gasteiger partial charge in [0.1, 0.15) is 6.07 Å². The first kappa shape index (κ1) is 15.1. The zero-order valence-corrected chi connectivity index (χ0v) is 12.5. The van der Waals surface area contributed by atoms with Crippen LogP contribution in [0.1, 0.15) is 18.4 Å². The molecule has 0 bridgehead atoms. The molecule has 0 saturated carbocycles. The van der Waals surface area contributed by atoms with Gasteiger partial charge in [-0.05, 0) is 37.0 Å². The van der Waals surface area contributed by atoms with Gasteiger partial charge in [-0.1, -0.05) is 11.6 Å². The Morgan fingerprint density at radius 3 is 2.85 bits per heavy atom. The summed E-state index contributed by atoms with van der Waals surface area (Å²) < 4.78 is 22.4. The summed E-state index contributed by atoms with van der Waals surface area (Å²) in [7, 11) is -3.44. The highest BCUT2D eigenvalue weighted by Crippen LogP contribution is 2.27. The Morgan fingerprint density at radius 1 is 1.50 bits per heavy atom. The zero-order valence-electron chi connectivity index (χ0n) is 10.9. The van der Waals surface area contributed by atoms with E-state index in [4.69, 9.17) is 22.0 Å². The van der Waals surface area contributed by atoms with E-state index < -0.39 is 10.0 Å². The summed E-state index contributed by atoms with van der Waals surface area (Å²) >= 11 is 6.03. The Morgan fingerprint density at radius 2 is 2.25 bits per heavy atom. The first-order chi connectivity index (χ1) is 9.39. The topological polar surface area (TPSA) is 87.2 Å². The van der Waals surface area contributed by atoms with Crippen molar-refractivity contribution in [1.29, 1.82) is 5.26 Å². The molecule has 2 N–H and O–H groups in total. The molecule has 0 spiro atoms. The van der Waals surface area contributed by atoms with Gasteiger partial charge in [0.25, 0.3) is 0 Å². The van der Waals surface area contributed by atoms with Gasteiger partial charge in [-0.2, -0.15) is 5.26 Å². The molecule has 0 radical (unpaired) electrons. The SMILES string of the molecule is N#Cc1ccc(N2CCCC(CS(N)(=O)=O)C2)cc1Cl. The minimum atomic E-state index is -3.44. The van der Waals surface area contributed by atoms with E-state index in [9.17, 15) is 8.42 Å². The van der Waals surface area contributed by atoms with Crippen LogP contribution in [-0.4, -0.2) is 27.3 Å². The van der Waals surface area contributed by atoms with Crippen LogP contribution in [0.4, 0.5) is 5.69 Å². The van der Waals surface area contributed by atoms with Gasteiger partial charge in [0.05, 0.1) is 16.3 Å². The summed E-state index contributed by atoms with van der Waals surface area (Å²) in [6, 6.07) is 7.29. The second kappa shape index (κ2) is 6.00. The quantitative estimate of drug-likeness (QED) is 0.920. The number of rotatable bonds is 3. The summed E-state index contributed by atoms with van der Waals surface area (Å²) in [5.41, 5.74) is 1.35. The van der Waals surface area contributed by atoms with Gasteiger partial charge < -0.3 is 4.90 Å². The van der Waals surface area contributed by atoms with Gasteiger partial charge in [0, 0.05) is 18.8 Å². The van der Waals surface area contributed by atoms with Crippen molar-refractivity contribution in [2.75, 3.05) is 23.7 Å². The highest BCUT2D eigenvalue weighted by Gasteiger charge is 2.24. The lowest BCUT2D eigenvalue weighted by atomic mass is 9.99. The lowest BCUT2D eigenvalue weighted by Gasteiger charge is -2.34. The first-order valence-electron chi connectivity index (χ1n) is 6.34. The highest BCUT2D eigenvalue weighted by atomic mass is 35.5. The number of anilines is 1. The number of primary sulfonamides is 1. The Kier molecular flexibility index (Phi) is 4.53. The molecule has 0 aliphatic carbocycles. The molecule has 7 heteroatoms. The first-order valence-corrected chi connectivity index (χ1v) is 8.43. The van der Waals surface area contributed by atoms with Crippen molar-refractivity contribution in [3.05, 3.63) is 28.8 Å². The molecule has 1 heterocycles. The third kappa shape index (κ3) is 3.85. The van der Waals surface area contributed by atoms with E-state index in [1.54, 1.807) is 12.1 Å². The van der Waals surface area contributed by atoms with E-state index in [-0.39, 0.29) is 11.7 Å². The van der Waals surface area contributed by atoms with Crippen molar-refractivity contribution in [1.82, 2.24) is 0 Å². The summed E-state index contributed by atoms with van der Waals surface area (Å²) in [6.07, 6.45) is 1.77. The molecule has 2 rings (SSSR count). The molecule has 1 unspecified atom stereocenters.